The van der Waals surface area contributed by atoms with Gasteiger partial charge in [-0.15, -0.1) is 0 Å². The van der Waals surface area contributed by atoms with Gasteiger partial charge in [-0.3, -0.25) is 9.59 Å². The van der Waals surface area contributed by atoms with Crippen LogP contribution in [0.5, 0.6) is 0 Å². The summed E-state index contributed by atoms with van der Waals surface area (Å²) in [5.74, 6) is -0.266. The molecule has 6 nitrogen and oxygen atoms in total. The summed E-state index contributed by atoms with van der Waals surface area (Å²) in [6.07, 6.45) is 0.694. The van der Waals surface area contributed by atoms with Crippen molar-refractivity contribution in [3.8, 4) is 0 Å². The van der Waals surface area contributed by atoms with Crippen molar-refractivity contribution >= 4 is 29.2 Å². The van der Waals surface area contributed by atoms with Gasteiger partial charge in [-0.1, -0.05) is 50.2 Å². The predicted molar refractivity (Wildman–Crippen MR) is 109 cm³/mol. The molecule has 0 aromatic heterocycles. The van der Waals surface area contributed by atoms with Crippen LogP contribution in [0.3, 0.4) is 0 Å². The first kappa shape index (κ1) is 19.6. The topological polar surface area (TPSA) is 69.7 Å². The Labute approximate surface area is 165 Å². The summed E-state index contributed by atoms with van der Waals surface area (Å²) in [6.45, 7) is 4.57. The van der Waals surface area contributed by atoms with Crippen LogP contribution < -0.4 is 10.2 Å². The van der Waals surface area contributed by atoms with Crippen molar-refractivity contribution in [3.63, 3.8) is 0 Å². The Balaban J connectivity index is 1.80. The van der Waals surface area contributed by atoms with Crippen molar-refractivity contribution in [2.45, 2.75) is 32.7 Å². The minimum atomic E-state index is -0.796. The zero-order valence-electron chi connectivity index (χ0n) is 16.2. The van der Waals surface area contributed by atoms with Crippen molar-refractivity contribution in [2.75, 3.05) is 16.8 Å². The Morgan fingerprint density at radius 2 is 1.61 bits per heavy atom. The number of amides is 4. The molecule has 1 aliphatic heterocycles. The summed E-state index contributed by atoms with van der Waals surface area (Å²) in [7, 11) is 0. The van der Waals surface area contributed by atoms with E-state index in [1.807, 2.05) is 24.3 Å². The third-order valence-electron chi connectivity index (χ3n) is 4.72. The monoisotopic (exact) mass is 379 g/mol. The van der Waals surface area contributed by atoms with Gasteiger partial charge in [0.25, 0.3) is 5.91 Å². The van der Waals surface area contributed by atoms with Gasteiger partial charge in [0.15, 0.2) is 0 Å². The molecule has 0 saturated carbocycles. The van der Waals surface area contributed by atoms with E-state index in [0.29, 0.717) is 23.8 Å². The summed E-state index contributed by atoms with van der Waals surface area (Å²) in [5.41, 5.74) is 1.19. The lowest BCUT2D eigenvalue weighted by Gasteiger charge is -2.22. The molecular formula is C22H25N3O3. The molecule has 0 aliphatic carbocycles. The lowest BCUT2D eigenvalue weighted by atomic mass is 10.1. The number of nitrogens with zero attached hydrogens (tertiary/aromatic N) is 2. The van der Waals surface area contributed by atoms with Crippen LogP contribution in [0.4, 0.5) is 16.2 Å². The number of carbonyl (C=O) groups is 3. The van der Waals surface area contributed by atoms with Crippen molar-refractivity contribution < 1.29 is 14.4 Å². The number of nitrogens with one attached hydrogen (secondary N) is 1. The summed E-state index contributed by atoms with van der Waals surface area (Å²) in [5, 5.41) is 2.80. The van der Waals surface area contributed by atoms with Gasteiger partial charge in [0.1, 0.15) is 6.04 Å². The summed E-state index contributed by atoms with van der Waals surface area (Å²) in [4.78, 5) is 41.3. The summed E-state index contributed by atoms with van der Waals surface area (Å²) in [6, 6.07) is 16.8. The van der Waals surface area contributed by atoms with E-state index >= 15 is 0 Å². The predicted octanol–water partition coefficient (Wildman–Crippen LogP) is 3.90. The van der Waals surface area contributed by atoms with E-state index in [1.54, 1.807) is 36.4 Å². The van der Waals surface area contributed by atoms with Crippen LogP contribution in [0.15, 0.2) is 60.7 Å². The molecular weight excluding hydrogens is 354 g/mol. The number of anilines is 2. The molecule has 2 aromatic carbocycles. The molecule has 1 heterocycles. The Hall–Kier alpha value is -3.15. The lowest BCUT2D eigenvalue weighted by molar-refractivity contribution is -0.124. The van der Waals surface area contributed by atoms with E-state index in [9.17, 15) is 14.4 Å². The Kier molecular flexibility index (Phi) is 6.09. The average molecular weight is 379 g/mol. The Morgan fingerprint density at radius 3 is 2.21 bits per heavy atom. The number of para-hydroxylation sites is 2. The molecule has 0 spiro atoms. The fourth-order valence-corrected chi connectivity index (χ4v) is 3.21. The van der Waals surface area contributed by atoms with Crippen molar-refractivity contribution in [1.29, 1.82) is 0 Å². The molecule has 2 aromatic rings. The van der Waals surface area contributed by atoms with Crippen LogP contribution in [-0.2, 0) is 9.59 Å². The molecule has 1 atom stereocenters. The van der Waals surface area contributed by atoms with E-state index in [2.05, 4.69) is 19.2 Å². The van der Waals surface area contributed by atoms with E-state index in [-0.39, 0.29) is 24.3 Å². The number of urea groups is 1. The normalized spacial score (nSPS) is 16.8. The fraction of sp³-hybridized carbons (Fsp3) is 0.318. The molecule has 1 fully saturated rings. The highest BCUT2D eigenvalue weighted by Crippen LogP contribution is 2.27. The molecule has 146 valence electrons. The highest BCUT2D eigenvalue weighted by Gasteiger charge is 2.46. The molecule has 28 heavy (non-hydrogen) atoms. The molecule has 4 amide bonds. The summed E-state index contributed by atoms with van der Waals surface area (Å²) < 4.78 is 0. The zero-order valence-corrected chi connectivity index (χ0v) is 16.2. The second-order valence-electron chi connectivity index (χ2n) is 7.30. The molecule has 0 bridgehead atoms. The van der Waals surface area contributed by atoms with Gasteiger partial charge in [-0.2, -0.15) is 0 Å². The third-order valence-corrected chi connectivity index (χ3v) is 4.72. The summed E-state index contributed by atoms with van der Waals surface area (Å²) >= 11 is 0. The van der Waals surface area contributed by atoms with E-state index in [1.165, 1.54) is 9.80 Å². The molecule has 0 unspecified atom stereocenters. The van der Waals surface area contributed by atoms with Crippen LogP contribution in [-0.4, -0.2) is 35.3 Å². The van der Waals surface area contributed by atoms with Gasteiger partial charge in [0.05, 0.1) is 12.1 Å². The van der Waals surface area contributed by atoms with E-state index in [0.717, 1.165) is 6.42 Å². The smallest absolute Gasteiger partial charge is 0.326 e. The largest absolute Gasteiger partial charge is 0.332 e. The van der Waals surface area contributed by atoms with Crippen LogP contribution in [0.2, 0.25) is 0 Å². The number of rotatable bonds is 7. The average Bonchev–Trinajstić information content (AvgIpc) is 2.91. The zero-order chi connectivity index (χ0) is 20.1. The first-order valence-corrected chi connectivity index (χ1v) is 9.52. The first-order chi connectivity index (χ1) is 13.5. The number of imide groups is 1. The SMILES string of the molecule is CC(C)CCN1C(=O)N(c2ccccc2)C(=O)[C@H]1CC(=O)Nc1ccccc1. The van der Waals surface area contributed by atoms with Crippen molar-refractivity contribution in [2.24, 2.45) is 5.92 Å². The maximum absolute atomic E-state index is 13.0. The molecule has 1 N–H and O–H groups in total. The third kappa shape index (κ3) is 4.39. The molecule has 3 rings (SSSR count). The van der Waals surface area contributed by atoms with Gasteiger partial charge < -0.3 is 10.2 Å². The van der Waals surface area contributed by atoms with Crippen molar-refractivity contribution in [3.05, 3.63) is 60.7 Å². The van der Waals surface area contributed by atoms with E-state index in [4.69, 9.17) is 0 Å². The lowest BCUT2D eigenvalue weighted by Crippen LogP contribution is -2.39. The van der Waals surface area contributed by atoms with Crippen LogP contribution in [0.25, 0.3) is 0 Å². The number of hydrogen-bond donors (Lipinski definition) is 1. The van der Waals surface area contributed by atoms with Gasteiger partial charge in [0, 0.05) is 12.2 Å². The van der Waals surface area contributed by atoms with Crippen LogP contribution >= 0.6 is 0 Å². The number of benzene rings is 2. The van der Waals surface area contributed by atoms with Gasteiger partial charge in [-0.25, -0.2) is 9.69 Å². The first-order valence-electron chi connectivity index (χ1n) is 9.52. The van der Waals surface area contributed by atoms with Crippen molar-refractivity contribution in [1.82, 2.24) is 4.90 Å². The number of carbonyl (C=O) groups excluding carboxylic acids is 3. The van der Waals surface area contributed by atoms with Crippen LogP contribution in [0, 0.1) is 5.92 Å². The Morgan fingerprint density at radius 1 is 1.00 bits per heavy atom. The number of hydrogen-bond acceptors (Lipinski definition) is 3. The minimum absolute atomic E-state index is 0.0686. The maximum atomic E-state index is 13.0. The quantitative estimate of drug-likeness (QED) is 0.742. The fourth-order valence-electron chi connectivity index (χ4n) is 3.21. The second kappa shape index (κ2) is 8.69. The van der Waals surface area contributed by atoms with E-state index < -0.39 is 6.04 Å². The van der Waals surface area contributed by atoms with Gasteiger partial charge in [-0.05, 0) is 36.6 Å². The molecule has 6 heteroatoms. The van der Waals surface area contributed by atoms with Gasteiger partial charge >= 0.3 is 6.03 Å². The Bertz CT molecular complexity index is 837. The molecule has 1 aliphatic rings. The highest BCUT2D eigenvalue weighted by atomic mass is 16.2. The maximum Gasteiger partial charge on any atom is 0.332 e. The molecule has 1 saturated heterocycles. The standard InChI is InChI=1S/C22H25N3O3/c1-16(2)13-14-24-19(15-20(26)23-17-9-5-3-6-10-17)21(27)25(22(24)28)18-11-7-4-8-12-18/h3-12,16,19H,13-15H2,1-2H3,(H,23,26)/t19-/m1/s1. The van der Waals surface area contributed by atoms with Crippen LogP contribution in [0.1, 0.15) is 26.7 Å². The minimum Gasteiger partial charge on any atom is -0.326 e. The molecule has 0 radical (unpaired) electrons. The van der Waals surface area contributed by atoms with Gasteiger partial charge in [0.2, 0.25) is 5.91 Å². The highest BCUT2D eigenvalue weighted by molar-refractivity contribution is 6.22. The second-order valence-corrected chi connectivity index (χ2v) is 7.30.